The highest BCUT2D eigenvalue weighted by Gasteiger charge is 2.21. The summed E-state index contributed by atoms with van der Waals surface area (Å²) < 4.78 is 39.8. The van der Waals surface area contributed by atoms with Crippen molar-refractivity contribution < 1.29 is 23.0 Å². The van der Waals surface area contributed by atoms with Gasteiger partial charge in [-0.05, 0) is 17.2 Å². The molecule has 0 aromatic heterocycles. The standard InChI is InChI=1S/C21H16F2O3/c22-18-11-17(12-24)19(23)21(26-14-16-9-5-2-6-10-16)20(18)25-13-15-7-3-1-4-8-15/h1-12H,13-14H2. The molecule has 0 atom stereocenters. The van der Waals surface area contributed by atoms with Gasteiger partial charge in [0.2, 0.25) is 11.5 Å². The van der Waals surface area contributed by atoms with Crippen LogP contribution < -0.4 is 9.47 Å². The van der Waals surface area contributed by atoms with Gasteiger partial charge < -0.3 is 9.47 Å². The lowest BCUT2D eigenvalue weighted by atomic mass is 10.2. The van der Waals surface area contributed by atoms with Crippen LogP contribution in [0.15, 0.2) is 66.7 Å². The van der Waals surface area contributed by atoms with Crippen molar-refractivity contribution in [3.05, 3.63) is 95.1 Å². The molecule has 3 aromatic carbocycles. The van der Waals surface area contributed by atoms with E-state index in [-0.39, 0.29) is 25.2 Å². The van der Waals surface area contributed by atoms with Crippen LogP contribution in [0.4, 0.5) is 8.78 Å². The second-order valence-electron chi connectivity index (χ2n) is 5.59. The lowest BCUT2D eigenvalue weighted by Gasteiger charge is -2.15. The molecule has 0 spiro atoms. The van der Waals surface area contributed by atoms with Crippen LogP contribution >= 0.6 is 0 Å². The molecular weight excluding hydrogens is 338 g/mol. The Labute approximate surface area is 149 Å². The van der Waals surface area contributed by atoms with Crippen molar-refractivity contribution in [3.63, 3.8) is 0 Å². The Hall–Kier alpha value is -3.21. The first-order valence-corrected chi connectivity index (χ1v) is 7.99. The second-order valence-corrected chi connectivity index (χ2v) is 5.59. The van der Waals surface area contributed by atoms with Gasteiger partial charge in [-0.2, -0.15) is 0 Å². The van der Waals surface area contributed by atoms with E-state index in [0.717, 1.165) is 17.2 Å². The third-order valence-corrected chi connectivity index (χ3v) is 3.74. The highest BCUT2D eigenvalue weighted by molar-refractivity contribution is 5.77. The minimum atomic E-state index is -0.944. The third-order valence-electron chi connectivity index (χ3n) is 3.74. The summed E-state index contributed by atoms with van der Waals surface area (Å²) in [6, 6.07) is 18.9. The molecule has 0 aliphatic heterocycles. The van der Waals surface area contributed by atoms with Crippen LogP contribution in [0.25, 0.3) is 0 Å². The quantitative estimate of drug-likeness (QED) is 0.564. The number of aldehydes is 1. The van der Waals surface area contributed by atoms with E-state index in [0.29, 0.717) is 0 Å². The molecule has 0 saturated carbocycles. The maximum absolute atomic E-state index is 14.5. The molecule has 5 heteroatoms. The zero-order chi connectivity index (χ0) is 18.4. The molecular formula is C21H16F2O3. The second kappa shape index (κ2) is 8.25. The van der Waals surface area contributed by atoms with Crippen LogP contribution in [0.5, 0.6) is 11.5 Å². The van der Waals surface area contributed by atoms with Crippen LogP contribution in [0.2, 0.25) is 0 Å². The zero-order valence-corrected chi connectivity index (χ0v) is 13.8. The van der Waals surface area contributed by atoms with Crippen molar-refractivity contribution >= 4 is 6.29 Å². The van der Waals surface area contributed by atoms with Gasteiger partial charge >= 0.3 is 0 Å². The van der Waals surface area contributed by atoms with E-state index in [9.17, 15) is 13.6 Å². The number of carbonyl (C=O) groups is 1. The molecule has 0 bridgehead atoms. The van der Waals surface area contributed by atoms with Gasteiger partial charge in [0.25, 0.3) is 0 Å². The predicted octanol–water partition coefficient (Wildman–Crippen LogP) is 4.94. The van der Waals surface area contributed by atoms with E-state index in [1.807, 2.05) is 36.4 Å². The maximum atomic E-state index is 14.5. The fraction of sp³-hybridized carbons (Fsp3) is 0.0952. The van der Waals surface area contributed by atoms with Crippen LogP contribution in [-0.2, 0) is 13.2 Å². The molecule has 0 heterocycles. The third kappa shape index (κ3) is 4.06. The molecule has 0 radical (unpaired) electrons. The summed E-state index contributed by atoms with van der Waals surface area (Å²) in [6.07, 6.45) is 0.245. The molecule has 0 unspecified atom stereocenters. The Balaban J connectivity index is 1.88. The van der Waals surface area contributed by atoms with E-state index >= 15 is 0 Å². The topological polar surface area (TPSA) is 35.5 Å². The lowest BCUT2D eigenvalue weighted by molar-refractivity contribution is 0.111. The summed E-state index contributed by atoms with van der Waals surface area (Å²) in [6.45, 7) is 0.0561. The van der Waals surface area contributed by atoms with E-state index < -0.39 is 22.9 Å². The van der Waals surface area contributed by atoms with Gasteiger partial charge in [-0.15, -0.1) is 0 Å². The van der Waals surface area contributed by atoms with Crippen LogP contribution in [-0.4, -0.2) is 6.29 Å². The summed E-state index contributed by atoms with van der Waals surface area (Å²) in [5.74, 6) is -2.56. The first kappa shape index (κ1) is 17.6. The van der Waals surface area contributed by atoms with Crippen LogP contribution in [0, 0.1) is 11.6 Å². The minimum Gasteiger partial charge on any atom is -0.482 e. The SMILES string of the molecule is O=Cc1cc(F)c(OCc2ccccc2)c(OCc2ccccc2)c1F. The predicted molar refractivity (Wildman–Crippen MR) is 93.3 cm³/mol. The maximum Gasteiger partial charge on any atom is 0.201 e. The number of benzene rings is 3. The number of halogens is 2. The summed E-state index contributed by atoms with van der Waals surface area (Å²) in [4.78, 5) is 11.0. The smallest absolute Gasteiger partial charge is 0.201 e. The molecule has 0 aliphatic rings. The summed E-state index contributed by atoms with van der Waals surface area (Å²) in [5.41, 5.74) is 1.15. The van der Waals surface area contributed by atoms with Crippen molar-refractivity contribution in [2.75, 3.05) is 0 Å². The molecule has 3 aromatic rings. The van der Waals surface area contributed by atoms with Gasteiger partial charge in [-0.3, -0.25) is 4.79 Å². The fourth-order valence-electron chi connectivity index (χ4n) is 2.41. The number of carbonyl (C=O) groups excluding carboxylic acids is 1. The number of hydrogen-bond donors (Lipinski definition) is 0. The lowest BCUT2D eigenvalue weighted by Crippen LogP contribution is -2.06. The molecule has 0 N–H and O–H groups in total. The van der Waals surface area contributed by atoms with E-state index in [1.165, 1.54) is 0 Å². The first-order valence-electron chi connectivity index (χ1n) is 7.99. The zero-order valence-electron chi connectivity index (χ0n) is 13.8. The van der Waals surface area contributed by atoms with Crippen molar-refractivity contribution in [3.8, 4) is 11.5 Å². The highest BCUT2D eigenvalue weighted by Crippen LogP contribution is 2.36. The monoisotopic (exact) mass is 354 g/mol. The van der Waals surface area contributed by atoms with Crippen molar-refractivity contribution in [2.45, 2.75) is 13.2 Å². The van der Waals surface area contributed by atoms with Gasteiger partial charge in [-0.1, -0.05) is 60.7 Å². The van der Waals surface area contributed by atoms with Gasteiger partial charge in [0.15, 0.2) is 17.9 Å². The Morgan fingerprint density at radius 3 is 1.77 bits per heavy atom. The number of ether oxygens (including phenoxy) is 2. The molecule has 0 aliphatic carbocycles. The fourth-order valence-corrected chi connectivity index (χ4v) is 2.41. The molecule has 0 amide bonds. The average Bonchev–Trinajstić information content (AvgIpc) is 2.69. The molecule has 0 fully saturated rings. The molecule has 3 rings (SSSR count). The molecule has 0 saturated heterocycles. The Morgan fingerprint density at radius 1 is 0.769 bits per heavy atom. The Bertz CT molecular complexity index is 881. The van der Waals surface area contributed by atoms with Crippen LogP contribution in [0.3, 0.4) is 0 Å². The molecule has 3 nitrogen and oxygen atoms in total. The van der Waals surface area contributed by atoms with Crippen molar-refractivity contribution in [1.82, 2.24) is 0 Å². The first-order chi connectivity index (χ1) is 12.7. The summed E-state index contributed by atoms with van der Waals surface area (Å²) >= 11 is 0. The summed E-state index contributed by atoms with van der Waals surface area (Å²) in [7, 11) is 0. The van der Waals surface area contributed by atoms with E-state index in [1.54, 1.807) is 24.3 Å². The van der Waals surface area contributed by atoms with Crippen LogP contribution in [0.1, 0.15) is 21.5 Å². The highest BCUT2D eigenvalue weighted by atomic mass is 19.1. The molecule has 26 heavy (non-hydrogen) atoms. The van der Waals surface area contributed by atoms with Gasteiger partial charge in [-0.25, -0.2) is 8.78 Å². The van der Waals surface area contributed by atoms with Gasteiger partial charge in [0.1, 0.15) is 13.2 Å². The van der Waals surface area contributed by atoms with Gasteiger partial charge in [0.05, 0.1) is 5.56 Å². The minimum absolute atomic E-state index is 0.0151. The van der Waals surface area contributed by atoms with Gasteiger partial charge in [0, 0.05) is 0 Å². The Morgan fingerprint density at radius 2 is 1.27 bits per heavy atom. The molecule has 132 valence electrons. The van der Waals surface area contributed by atoms with E-state index in [4.69, 9.17) is 9.47 Å². The summed E-state index contributed by atoms with van der Waals surface area (Å²) in [5, 5.41) is 0. The average molecular weight is 354 g/mol. The Kier molecular flexibility index (Phi) is 5.59. The largest absolute Gasteiger partial charge is 0.482 e. The van der Waals surface area contributed by atoms with Crippen molar-refractivity contribution in [1.29, 1.82) is 0 Å². The van der Waals surface area contributed by atoms with E-state index in [2.05, 4.69) is 0 Å². The normalized spacial score (nSPS) is 10.4. The number of rotatable bonds is 7. The van der Waals surface area contributed by atoms with Crippen molar-refractivity contribution in [2.24, 2.45) is 0 Å². The number of hydrogen-bond acceptors (Lipinski definition) is 3.